The summed E-state index contributed by atoms with van der Waals surface area (Å²) in [5.74, 6) is 0.471. The maximum absolute atomic E-state index is 10.8. The molecule has 96 valence electrons. The van der Waals surface area contributed by atoms with Crippen LogP contribution in [0.5, 0.6) is 0 Å². The average molecular weight is 236 g/mol. The Morgan fingerprint density at radius 3 is 2.47 bits per heavy atom. The SMILES string of the molecule is CC1(O)C2OC2C2(C)CCCC(C)(C)C23CC13. The van der Waals surface area contributed by atoms with Crippen LogP contribution < -0.4 is 0 Å². The van der Waals surface area contributed by atoms with Gasteiger partial charge in [-0.3, -0.25) is 0 Å². The van der Waals surface area contributed by atoms with Crippen molar-refractivity contribution in [3.05, 3.63) is 0 Å². The molecular weight excluding hydrogens is 212 g/mol. The van der Waals surface area contributed by atoms with Gasteiger partial charge in [0.25, 0.3) is 0 Å². The zero-order valence-electron chi connectivity index (χ0n) is 11.4. The minimum Gasteiger partial charge on any atom is -0.387 e. The topological polar surface area (TPSA) is 32.8 Å². The minimum atomic E-state index is -0.571. The van der Waals surface area contributed by atoms with E-state index in [0.29, 0.717) is 28.3 Å². The van der Waals surface area contributed by atoms with E-state index in [1.54, 1.807) is 0 Å². The van der Waals surface area contributed by atoms with Gasteiger partial charge in [-0.2, -0.15) is 0 Å². The molecule has 1 N–H and O–H groups in total. The van der Waals surface area contributed by atoms with Crippen LogP contribution in [0.1, 0.15) is 53.4 Å². The van der Waals surface area contributed by atoms with Gasteiger partial charge in [0, 0.05) is 5.41 Å². The molecule has 0 bridgehead atoms. The third-order valence-corrected chi connectivity index (χ3v) is 7.09. The summed E-state index contributed by atoms with van der Waals surface area (Å²) < 4.78 is 5.90. The Kier molecular flexibility index (Phi) is 1.57. The van der Waals surface area contributed by atoms with Gasteiger partial charge in [-0.1, -0.05) is 27.2 Å². The van der Waals surface area contributed by atoms with Crippen LogP contribution in [0, 0.1) is 22.2 Å². The standard InChI is InChI=1S/C15H24O2/c1-12(2)6-5-7-13(3)10-11(17-10)14(4,16)9-8-15(9,12)13/h9-11,16H,5-8H2,1-4H3. The number of epoxide rings is 1. The van der Waals surface area contributed by atoms with Crippen LogP contribution in [-0.4, -0.2) is 22.9 Å². The predicted octanol–water partition coefficient (Wildman–Crippen LogP) is 2.74. The second-order valence-corrected chi connectivity index (χ2v) is 8.09. The minimum absolute atomic E-state index is 0.127. The smallest absolute Gasteiger partial charge is 0.113 e. The second kappa shape index (κ2) is 2.46. The van der Waals surface area contributed by atoms with Gasteiger partial charge in [0.15, 0.2) is 0 Å². The number of aliphatic hydroxyl groups is 1. The highest BCUT2D eigenvalue weighted by molar-refractivity contribution is 5.34. The first-order valence-corrected chi connectivity index (χ1v) is 7.15. The van der Waals surface area contributed by atoms with Gasteiger partial charge in [0.2, 0.25) is 0 Å². The van der Waals surface area contributed by atoms with Crippen molar-refractivity contribution in [2.24, 2.45) is 22.2 Å². The monoisotopic (exact) mass is 236 g/mol. The van der Waals surface area contributed by atoms with Gasteiger partial charge >= 0.3 is 0 Å². The van der Waals surface area contributed by atoms with Crippen LogP contribution in [-0.2, 0) is 4.74 Å². The fraction of sp³-hybridized carbons (Fsp3) is 1.00. The molecule has 0 aromatic carbocycles. The van der Waals surface area contributed by atoms with E-state index in [0.717, 1.165) is 0 Å². The molecule has 1 spiro atoms. The van der Waals surface area contributed by atoms with Crippen LogP contribution in [0.2, 0.25) is 0 Å². The number of hydrogen-bond donors (Lipinski definition) is 1. The highest BCUT2D eigenvalue weighted by Crippen LogP contribution is 2.84. The summed E-state index contributed by atoms with van der Waals surface area (Å²) in [6.07, 6.45) is 5.61. The molecule has 4 fully saturated rings. The van der Waals surface area contributed by atoms with Crippen molar-refractivity contribution in [2.45, 2.75) is 71.2 Å². The van der Waals surface area contributed by atoms with Crippen LogP contribution in [0.25, 0.3) is 0 Å². The zero-order chi connectivity index (χ0) is 12.3. The van der Waals surface area contributed by atoms with Gasteiger partial charge in [-0.25, -0.2) is 0 Å². The normalized spacial score (nSPS) is 66.5. The number of fused-ring (bicyclic) bond motifs is 2. The van der Waals surface area contributed by atoms with Crippen LogP contribution in [0.4, 0.5) is 0 Å². The highest BCUT2D eigenvalue weighted by atomic mass is 16.6. The summed E-state index contributed by atoms with van der Waals surface area (Å²) in [7, 11) is 0. The summed E-state index contributed by atoms with van der Waals surface area (Å²) in [5, 5.41) is 10.8. The van der Waals surface area contributed by atoms with Crippen LogP contribution >= 0.6 is 0 Å². The quantitative estimate of drug-likeness (QED) is 0.656. The fourth-order valence-electron chi connectivity index (χ4n) is 6.10. The predicted molar refractivity (Wildman–Crippen MR) is 65.6 cm³/mol. The lowest BCUT2D eigenvalue weighted by Gasteiger charge is -2.55. The Labute approximate surface area is 104 Å². The zero-order valence-corrected chi connectivity index (χ0v) is 11.4. The maximum atomic E-state index is 10.8. The second-order valence-electron chi connectivity index (χ2n) is 8.09. The molecule has 0 aromatic rings. The first-order chi connectivity index (χ1) is 7.77. The molecule has 1 heterocycles. The van der Waals surface area contributed by atoms with E-state index in [4.69, 9.17) is 4.74 Å². The van der Waals surface area contributed by atoms with E-state index in [1.807, 2.05) is 6.92 Å². The number of hydrogen-bond acceptors (Lipinski definition) is 2. The van der Waals surface area contributed by atoms with Crippen LogP contribution in [0.3, 0.4) is 0 Å². The summed E-state index contributed by atoms with van der Waals surface area (Å²) >= 11 is 0. The first-order valence-electron chi connectivity index (χ1n) is 7.15. The number of rotatable bonds is 0. The third kappa shape index (κ3) is 0.889. The molecule has 17 heavy (non-hydrogen) atoms. The molecule has 6 unspecified atom stereocenters. The Balaban J connectivity index is 1.86. The third-order valence-electron chi connectivity index (χ3n) is 7.09. The maximum Gasteiger partial charge on any atom is 0.113 e. The van der Waals surface area contributed by atoms with E-state index in [-0.39, 0.29) is 6.10 Å². The molecule has 3 aliphatic carbocycles. The van der Waals surface area contributed by atoms with Crippen molar-refractivity contribution in [1.82, 2.24) is 0 Å². The summed E-state index contributed by atoms with van der Waals surface area (Å²) in [6.45, 7) is 9.29. The number of ether oxygens (including phenoxy) is 1. The lowest BCUT2D eigenvalue weighted by molar-refractivity contribution is -0.103. The molecule has 4 aliphatic rings. The highest BCUT2D eigenvalue weighted by Gasteiger charge is 2.86. The van der Waals surface area contributed by atoms with E-state index in [2.05, 4.69) is 20.8 Å². The summed E-state index contributed by atoms with van der Waals surface area (Å²) in [6, 6.07) is 0. The van der Waals surface area contributed by atoms with Gasteiger partial charge in [-0.15, -0.1) is 0 Å². The molecule has 2 heteroatoms. The Morgan fingerprint density at radius 2 is 1.76 bits per heavy atom. The van der Waals surface area contributed by atoms with Crippen LogP contribution in [0.15, 0.2) is 0 Å². The fourth-order valence-corrected chi connectivity index (χ4v) is 6.10. The molecule has 4 rings (SSSR count). The Morgan fingerprint density at radius 1 is 1.06 bits per heavy atom. The lowest BCUT2D eigenvalue weighted by Crippen LogP contribution is -2.57. The molecule has 3 saturated carbocycles. The molecule has 0 amide bonds. The van der Waals surface area contributed by atoms with Gasteiger partial charge < -0.3 is 9.84 Å². The largest absolute Gasteiger partial charge is 0.387 e. The molecule has 0 aromatic heterocycles. The van der Waals surface area contributed by atoms with Crippen molar-refractivity contribution < 1.29 is 9.84 Å². The van der Waals surface area contributed by atoms with Gasteiger partial charge in [-0.05, 0) is 42.9 Å². The molecule has 1 aliphatic heterocycles. The van der Waals surface area contributed by atoms with E-state index in [9.17, 15) is 5.11 Å². The van der Waals surface area contributed by atoms with Crippen molar-refractivity contribution >= 4 is 0 Å². The first kappa shape index (κ1) is 10.8. The lowest BCUT2D eigenvalue weighted by atomic mass is 9.48. The van der Waals surface area contributed by atoms with E-state index >= 15 is 0 Å². The molecule has 6 atom stereocenters. The molecular formula is C15H24O2. The van der Waals surface area contributed by atoms with Crippen molar-refractivity contribution in [3.63, 3.8) is 0 Å². The van der Waals surface area contributed by atoms with E-state index < -0.39 is 5.60 Å². The van der Waals surface area contributed by atoms with Gasteiger partial charge in [0.05, 0.1) is 11.7 Å². The summed E-state index contributed by atoms with van der Waals surface area (Å²) in [4.78, 5) is 0. The molecule has 2 nitrogen and oxygen atoms in total. The molecule has 1 saturated heterocycles. The van der Waals surface area contributed by atoms with Crippen molar-refractivity contribution in [3.8, 4) is 0 Å². The molecule has 0 radical (unpaired) electrons. The van der Waals surface area contributed by atoms with Crippen molar-refractivity contribution in [1.29, 1.82) is 0 Å². The van der Waals surface area contributed by atoms with Gasteiger partial charge in [0.1, 0.15) is 6.10 Å². The van der Waals surface area contributed by atoms with E-state index in [1.165, 1.54) is 25.7 Å². The Bertz CT molecular complexity index is 400. The average Bonchev–Trinajstić information content (AvgIpc) is 3.06. The summed E-state index contributed by atoms with van der Waals surface area (Å²) in [5.41, 5.74) is 0.468. The van der Waals surface area contributed by atoms with Crippen molar-refractivity contribution in [2.75, 3.05) is 0 Å². The Hall–Kier alpha value is -0.0800.